The quantitative estimate of drug-likeness (QED) is 0.854. The van der Waals surface area contributed by atoms with Gasteiger partial charge in [0.15, 0.2) is 0 Å². The van der Waals surface area contributed by atoms with Crippen molar-refractivity contribution in [2.24, 2.45) is 5.92 Å². The molecule has 0 saturated carbocycles. The number of hydrogen-bond acceptors (Lipinski definition) is 2. The minimum atomic E-state index is 0. The van der Waals surface area contributed by atoms with Crippen LogP contribution in [0.15, 0.2) is 18.2 Å². The molecule has 112 valence electrons. The molecule has 0 amide bonds. The summed E-state index contributed by atoms with van der Waals surface area (Å²) in [5.74, 6) is 1.15. The SMILES string of the molecule is Br.CCC1(CC)c2cc(O)ccc2CC2NCCCC21. The van der Waals surface area contributed by atoms with Crippen molar-refractivity contribution in [3.8, 4) is 5.75 Å². The van der Waals surface area contributed by atoms with Gasteiger partial charge >= 0.3 is 0 Å². The molecule has 0 spiro atoms. The molecule has 0 radical (unpaired) electrons. The zero-order valence-electron chi connectivity index (χ0n) is 12.5. The molecular formula is C17H26BrNO. The van der Waals surface area contributed by atoms with Gasteiger partial charge in [-0.05, 0) is 73.2 Å². The molecule has 1 aliphatic carbocycles. The van der Waals surface area contributed by atoms with Gasteiger partial charge in [0.1, 0.15) is 5.75 Å². The predicted octanol–water partition coefficient (Wildman–Crippen LogP) is 3.95. The maximum Gasteiger partial charge on any atom is 0.115 e. The maximum absolute atomic E-state index is 9.89. The lowest BCUT2D eigenvalue weighted by atomic mass is 9.57. The van der Waals surface area contributed by atoms with Gasteiger partial charge in [0.25, 0.3) is 0 Å². The Hall–Kier alpha value is -0.540. The molecule has 1 heterocycles. The van der Waals surface area contributed by atoms with Gasteiger partial charge in [-0.2, -0.15) is 0 Å². The average Bonchev–Trinajstić information content (AvgIpc) is 2.45. The first kappa shape index (κ1) is 15.8. The third-order valence-electron chi connectivity index (χ3n) is 5.63. The van der Waals surface area contributed by atoms with Gasteiger partial charge in [0.05, 0.1) is 0 Å². The van der Waals surface area contributed by atoms with E-state index >= 15 is 0 Å². The first-order valence-corrected chi connectivity index (χ1v) is 7.77. The molecule has 2 atom stereocenters. The fourth-order valence-electron chi connectivity index (χ4n) is 4.63. The van der Waals surface area contributed by atoms with Crippen LogP contribution in [0.3, 0.4) is 0 Å². The summed E-state index contributed by atoms with van der Waals surface area (Å²) >= 11 is 0. The van der Waals surface area contributed by atoms with Crippen LogP contribution in [0.5, 0.6) is 5.75 Å². The van der Waals surface area contributed by atoms with Crippen LogP contribution in [0.25, 0.3) is 0 Å². The van der Waals surface area contributed by atoms with Gasteiger partial charge in [-0.3, -0.25) is 0 Å². The van der Waals surface area contributed by atoms with Crippen LogP contribution in [0, 0.1) is 5.92 Å². The van der Waals surface area contributed by atoms with Crippen molar-refractivity contribution in [1.82, 2.24) is 5.32 Å². The Morgan fingerprint density at radius 1 is 1.30 bits per heavy atom. The number of hydrogen-bond donors (Lipinski definition) is 2. The van der Waals surface area contributed by atoms with Crippen molar-refractivity contribution >= 4 is 17.0 Å². The van der Waals surface area contributed by atoms with E-state index in [4.69, 9.17) is 0 Å². The monoisotopic (exact) mass is 339 g/mol. The number of fused-ring (bicyclic) bond motifs is 2. The molecule has 1 aromatic rings. The Labute approximate surface area is 132 Å². The minimum absolute atomic E-state index is 0. The summed E-state index contributed by atoms with van der Waals surface area (Å²) in [6, 6.07) is 6.65. The van der Waals surface area contributed by atoms with Crippen LogP contribution >= 0.6 is 17.0 Å². The number of phenols is 1. The van der Waals surface area contributed by atoms with Gasteiger partial charge < -0.3 is 10.4 Å². The van der Waals surface area contributed by atoms with Gasteiger partial charge in [-0.25, -0.2) is 0 Å². The summed E-state index contributed by atoms with van der Waals surface area (Å²) < 4.78 is 0. The molecule has 3 heteroatoms. The standard InChI is InChI=1S/C17H25NO.BrH/c1-3-17(4-2)14-6-5-9-18-16(14)10-12-7-8-13(19)11-15(12)17;/h7-8,11,14,16,18-19H,3-6,9-10H2,1-2H3;1H. The lowest BCUT2D eigenvalue weighted by Crippen LogP contribution is -2.55. The molecule has 2 N–H and O–H groups in total. The first-order valence-electron chi connectivity index (χ1n) is 7.77. The molecule has 0 bridgehead atoms. The molecule has 2 aliphatic rings. The van der Waals surface area contributed by atoms with Crippen LogP contribution in [-0.2, 0) is 11.8 Å². The fourth-order valence-corrected chi connectivity index (χ4v) is 4.63. The highest BCUT2D eigenvalue weighted by Gasteiger charge is 2.46. The number of phenolic OH excluding ortho intramolecular Hbond substituents is 1. The number of halogens is 1. The van der Waals surface area contributed by atoms with E-state index in [0.717, 1.165) is 18.9 Å². The molecule has 20 heavy (non-hydrogen) atoms. The highest BCUT2D eigenvalue weighted by Crippen LogP contribution is 2.49. The molecule has 1 aliphatic heterocycles. The van der Waals surface area contributed by atoms with Crippen molar-refractivity contribution in [3.63, 3.8) is 0 Å². The normalized spacial score (nSPS) is 27.1. The second-order valence-corrected chi connectivity index (χ2v) is 6.22. The first-order chi connectivity index (χ1) is 9.21. The molecule has 1 fully saturated rings. The second-order valence-electron chi connectivity index (χ2n) is 6.22. The summed E-state index contributed by atoms with van der Waals surface area (Å²) in [4.78, 5) is 0. The fraction of sp³-hybridized carbons (Fsp3) is 0.647. The van der Waals surface area contributed by atoms with E-state index in [0.29, 0.717) is 11.8 Å². The molecule has 2 nitrogen and oxygen atoms in total. The third kappa shape index (κ3) is 2.29. The largest absolute Gasteiger partial charge is 0.508 e. The molecule has 1 saturated heterocycles. The third-order valence-corrected chi connectivity index (χ3v) is 5.63. The van der Waals surface area contributed by atoms with Gasteiger partial charge in [0.2, 0.25) is 0 Å². The van der Waals surface area contributed by atoms with Crippen LogP contribution in [-0.4, -0.2) is 17.7 Å². The highest BCUT2D eigenvalue weighted by molar-refractivity contribution is 8.93. The average molecular weight is 340 g/mol. The summed E-state index contributed by atoms with van der Waals surface area (Å²) in [6.07, 6.45) is 6.08. The second kappa shape index (κ2) is 6.07. The predicted molar refractivity (Wildman–Crippen MR) is 88.9 cm³/mol. The Balaban J connectivity index is 0.00000147. The highest BCUT2D eigenvalue weighted by atomic mass is 79.9. The van der Waals surface area contributed by atoms with Gasteiger partial charge in [-0.15, -0.1) is 17.0 Å². The maximum atomic E-state index is 9.89. The van der Waals surface area contributed by atoms with Crippen LogP contribution in [0.2, 0.25) is 0 Å². The van der Waals surface area contributed by atoms with Crippen molar-refractivity contribution in [2.75, 3.05) is 6.54 Å². The zero-order valence-corrected chi connectivity index (χ0v) is 14.2. The Morgan fingerprint density at radius 3 is 2.75 bits per heavy atom. The summed E-state index contributed by atoms with van der Waals surface area (Å²) in [5.41, 5.74) is 3.12. The molecule has 3 rings (SSSR count). The number of aromatic hydroxyl groups is 1. The molecule has 1 aromatic carbocycles. The van der Waals surface area contributed by atoms with E-state index in [2.05, 4.69) is 25.2 Å². The number of rotatable bonds is 2. The van der Waals surface area contributed by atoms with E-state index in [1.54, 1.807) is 0 Å². The van der Waals surface area contributed by atoms with E-state index < -0.39 is 0 Å². The van der Waals surface area contributed by atoms with Gasteiger partial charge in [-0.1, -0.05) is 19.9 Å². The van der Waals surface area contributed by atoms with Crippen LogP contribution < -0.4 is 5.32 Å². The van der Waals surface area contributed by atoms with Crippen molar-refractivity contribution in [3.05, 3.63) is 29.3 Å². The Kier molecular flexibility index (Phi) is 4.80. The van der Waals surface area contributed by atoms with Crippen LogP contribution in [0.1, 0.15) is 50.7 Å². The number of benzene rings is 1. The summed E-state index contributed by atoms with van der Waals surface area (Å²) in [5, 5.41) is 13.6. The van der Waals surface area contributed by atoms with Crippen LogP contribution in [0.4, 0.5) is 0 Å². The minimum Gasteiger partial charge on any atom is -0.508 e. The Bertz CT molecular complexity index is 470. The van der Waals surface area contributed by atoms with Crippen molar-refractivity contribution in [1.29, 1.82) is 0 Å². The molecule has 0 aromatic heterocycles. The lowest BCUT2D eigenvalue weighted by Gasteiger charge is -2.51. The van der Waals surface area contributed by atoms with E-state index in [9.17, 15) is 5.11 Å². The summed E-state index contributed by atoms with van der Waals surface area (Å²) in [7, 11) is 0. The van der Waals surface area contributed by atoms with Crippen molar-refractivity contribution in [2.45, 2.75) is 57.4 Å². The Morgan fingerprint density at radius 2 is 2.05 bits per heavy atom. The van der Waals surface area contributed by atoms with Gasteiger partial charge in [0, 0.05) is 6.04 Å². The number of nitrogens with one attached hydrogen (secondary N) is 1. The van der Waals surface area contributed by atoms with Crippen molar-refractivity contribution < 1.29 is 5.11 Å². The summed E-state index contributed by atoms with van der Waals surface area (Å²) in [6.45, 7) is 5.79. The lowest BCUT2D eigenvalue weighted by molar-refractivity contribution is 0.131. The van der Waals surface area contributed by atoms with E-state index in [-0.39, 0.29) is 22.4 Å². The zero-order chi connectivity index (χ0) is 13.5. The number of piperidine rings is 1. The molecule has 2 unspecified atom stereocenters. The van der Waals surface area contributed by atoms with E-state index in [1.165, 1.54) is 36.8 Å². The smallest absolute Gasteiger partial charge is 0.115 e. The topological polar surface area (TPSA) is 32.3 Å². The molecular weight excluding hydrogens is 314 g/mol. The van der Waals surface area contributed by atoms with E-state index in [1.807, 2.05) is 12.1 Å².